The number of carbonyl (C=O) groups excluding carboxylic acids is 3. The van der Waals surface area contributed by atoms with Crippen LogP contribution < -0.4 is 10.6 Å². The molecule has 1 atom stereocenters. The van der Waals surface area contributed by atoms with Gasteiger partial charge in [-0.2, -0.15) is 8.78 Å². The van der Waals surface area contributed by atoms with E-state index in [0.29, 0.717) is 29.2 Å². The molecule has 3 amide bonds. The van der Waals surface area contributed by atoms with Gasteiger partial charge in [0.25, 0.3) is 5.91 Å². The van der Waals surface area contributed by atoms with Gasteiger partial charge in [-0.25, -0.2) is 0 Å². The van der Waals surface area contributed by atoms with E-state index in [4.69, 9.17) is 11.6 Å². The highest BCUT2D eigenvalue weighted by Crippen LogP contribution is 2.35. The Hall–Kier alpha value is -3.26. The van der Waals surface area contributed by atoms with Crippen molar-refractivity contribution in [3.05, 3.63) is 76.3 Å². The summed E-state index contributed by atoms with van der Waals surface area (Å²) in [5, 5.41) is 4.93. The Bertz CT molecular complexity index is 1120. The number of fused-ring (bicyclic) bond motifs is 1. The van der Waals surface area contributed by atoms with Gasteiger partial charge in [0.05, 0.1) is 0 Å². The third kappa shape index (κ3) is 4.10. The second-order valence-electron chi connectivity index (χ2n) is 7.80. The fourth-order valence-corrected chi connectivity index (χ4v) is 4.09. The van der Waals surface area contributed by atoms with E-state index in [1.165, 1.54) is 12.1 Å². The van der Waals surface area contributed by atoms with Gasteiger partial charge in [-0.15, -0.1) is 0 Å². The Morgan fingerprint density at radius 2 is 1.94 bits per heavy atom. The smallest absolute Gasteiger partial charge is 0.349 e. The van der Waals surface area contributed by atoms with E-state index in [1.54, 1.807) is 18.2 Å². The Morgan fingerprint density at radius 1 is 1.22 bits per heavy atom. The van der Waals surface area contributed by atoms with Gasteiger partial charge in [0, 0.05) is 41.4 Å². The van der Waals surface area contributed by atoms with Gasteiger partial charge in [0.15, 0.2) is 0 Å². The molecular formula is C23H20ClF2N3O3. The van der Waals surface area contributed by atoms with E-state index in [0.717, 1.165) is 23.3 Å². The molecule has 0 spiro atoms. The Morgan fingerprint density at radius 3 is 2.62 bits per heavy atom. The van der Waals surface area contributed by atoms with E-state index in [2.05, 4.69) is 17.2 Å². The molecule has 4 rings (SSSR count). The zero-order valence-electron chi connectivity index (χ0n) is 17.0. The summed E-state index contributed by atoms with van der Waals surface area (Å²) in [7, 11) is 0. The topological polar surface area (TPSA) is 78.5 Å². The molecule has 9 heteroatoms. The molecule has 2 N–H and O–H groups in total. The summed E-state index contributed by atoms with van der Waals surface area (Å²) in [4.78, 5) is 37.6. The first kappa shape index (κ1) is 22.0. The maximum Gasteiger partial charge on any atom is 0.349 e. The fraction of sp³-hybridized carbons (Fsp3) is 0.261. The molecule has 1 saturated heterocycles. The fourth-order valence-electron chi connectivity index (χ4n) is 3.96. The summed E-state index contributed by atoms with van der Waals surface area (Å²) >= 11 is 5.72. The van der Waals surface area contributed by atoms with E-state index >= 15 is 0 Å². The number of hydrogen-bond donors (Lipinski definition) is 2. The van der Waals surface area contributed by atoms with Crippen molar-refractivity contribution in [2.45, 2.75) is 37.9 Å². The van der Waals surface area contributed by atoms with Crippen molar-refractivity contribution in [3.63, 3.8) is 0 Å². The van der Waals surface area contributed by atoms with Crippen molar-refractivity contribution in [2.75, 3.05) is 0 Å². The lowest BCUT2D eigenvalue weighted by Crippen LogP contribution is -2.50. The van der Waals surface area contributed by atoms with Gasteiger partial charge in [0.1, 0.15) is 6.04 Å². The van der Waals surface area contributed by atoms with E-state index in [9.17, 15) is 23.2 Å². The van der Waals surface area contributed by atoms with E-state index < -0.39 is 23.4 Å². The predicted octanol–water partition coefficient (Wildman–Crippen LogP) is 3.34. The van der Waals surface area contributed by atoms with Gasteiger partial charge in [-0.1, -0.05) is 48.5 Å². The number of halogens is 3. The third-order valence-corrected chi connectivity index (χ3v) is 5.95. The van der Waals surface area contributed by atoms with Crippen LogP contribution in [0.5, 0.6) is 0 Å². The third-order valence-electron chi connectivity index (χ3n) is 5.70. The maximum absolute atomic E-state index is 14.4. The van der Waals surface area contributed by atoms with Gasteiger partial charge in [-0.05, 0) is 29.7 Å². The molecule has 2 aliphatic heterocycles. The van der Waals surface area contributed by atoms with Crippen LogP contribution in [0.4, 0.5) is 8.78 Å². The van der Waals surface area contributed by atoms with Crippen LogP contribution in [0.1, 0.15) is 35.1 Å². The largest absolute Gasteiger partial charge is 0.355 e. The van der Waals surface area contributed by atoms with Crippen LogP contribution >= 0.6 is 11.6 Å². The van der Waals surface area contributed by atoms with Crippen LogP contribution in [0.15, 0.2) is 49.0 Å². The highest BCUT2D eigenvalue weighted by Gasteiger charge is 2.41. The summed E-state index contributed by atoms with van der Waals surface area (Å²) in [5.74, 6) is -5.75. The van der Waals surface area contributed by atoms with Crippen LogP contribution in [0.2, 0.25) is 5.02 Å². The quantitative estimate of drug-likeness (QED) is 0.672. The number of carbonyl (C=O) groups is 3. The van der Waals surface area contributed by atoms with Crippen LogP contribution in [0, 0.1) is 0 Å². The summed E-state index contributed by atoms with van der Waals surface area (Å²) < 4.78 is 28.9. The minimum atomic E-state index is -3.70. The molecule has 1 unspecified atom stereocenters. The molecule has 0 saturated carbocycles. The minimum Gasteiger partial charge on any atom is -0.355 e. The molecule has 0 radical (unpaired) electrons. The molecule has 2 aromatic carbocycles. The molecule has 0 aliphatic carbocycles. The van der Waals surface area contributed by atoms with Crippen LogP contribution in [-0.4, -0.2) is 28.7 Å². The number of nitrogens with one attached hydrogen (secondary N) is 2. The standard InChI is InChI=1S/C23H20ClF2N3O3/c1-13-18-7-2-14(10-15(18)12-29(13)19-8-9-20(30)28-21(19)31)11-27-22(32)23(25,26)16-3-5-17(24)6-4-16/h2-7,10,19H,1,8-9,11-12H2,(H,27,32)(H,28,30,31). The zero-order valence-corrected chi connectivity index (χ0v) is 17.7. The molecule has 2 aromatic rings. The summed E-state index contributed by atoms with van der Waals surface area (Å²) in [6, 6.07) is 9.67. The number of rotatable bonds is 5. The lowest BCUT2D eigenvalue weighted by molar-refractivity contribution is -0.147. The van der Waals surface area contributed by atoms with Gasteiger partial charge in [-0.3, -0.25) is 19.7 Å². The average molecular weight is 460 g/mol. The first-order chi connectivity index (χ1) is 15.2. The van der Waals surface area contributed by atoms with E-state index in [-0.39, 0.29) is 24.8 Å². The molecule has 0 aromatic heterocycles. The Labute approximate surface area is 188 Å². The summed E-state index contributed by atoms with van der Waals surface area (Å²) in [6.07, 6.45) is 0.663. The zero-order chi connectivity index (χ0) is 23.0. The maximum atomic E-state index is 14.4. The first-order valence-electron chi connectivity index (χ1n) is 10.0. The Balaban J connectivity index is 1.43. The number of alkyl halides is 2. The Kier molecular flexibility index (Phi) is 5.73. The molecule has 2 heterocycles. The SMILES string of the molecule is C=C1c2ccc(CNC(=O)C(F)(F)c3ccc(Cl)cc3)cc2CN1C1CCC(=O)NC1=O. The summed E-state index contributed by atoms with van der Waals surface area (Å²) in [6.45, 7) is 4.39. The second-order valence-corrected chi connectivity index (χ2v) is 8.23. The molecular weight excluding hydrogens is 440 g/mol. The van der Waals surface area contributed by atoms with Crippen molar-refractivity contribution in [3.8, 4) is 0 Å². The average Bonchev–Trinajstić information content (AvgIpc) is 3.08. The number of benzene rings is 2. The van der Waals surface area contributed by atoms with Crippen molar-refractivity contribution < 1.29 is 23.2 Å². The monoisotopic (exact) mass is 459 g/mol. The molecule has 166 valence electrons. The number of imide groups is 1. The van der Waals surface area contributed by atoms with Crippen molar-refractivity contribution in [2.24, 2.45) is 0 Å². The van der Waals surface area contributed by atoms with Crippen LogP contribution in [0.3, 0.4) is 0 Å². The van der Waals surface area contributed by atoms with Crippen LogP contribution in [0.25, 0.3) is 5.70 Å². The van der Waals surface area contributed by atoms with Crippen molar-refractivity contribution >= 4 is 35.0 Å². The molecule has 6 nitrogen and oxygen atoms in total. The number of hydrogen-bond acceptors (Lipinski definition) is 4. The first-order valence-corrected chi connectivity index (χ1v) is 10.4. The summed E-state index contributed by atoms with van der Waals surface area (Å²) in [5.41, 5.74) is 2.58. The number of nitrogens with zero attached hydrogens (tertiary/aromatic N) is 1. The number of amides is 3. The molecule has 0 bridgehead atoms. The van der Waals surface area contributed by atoms with Crippen molar-refractivity contribution in [1.29, 1.82) is 0 Å². The minimum absolute atomic E-state index is 0.0831. The molecule has 2 aliphatic rings. The predicted molar refractivity (Wildman–Crippen MR) is 114 cm³/mol. The van der Waals surface area contributed by atoms with Gasteiger partial charge in [0.2, 0.25) is 11.8 Å². The van der Waals surface area contributed by atoms with Gasteiger partial charge >= 0.3 is 5.92 Å². The second kappa shape index (κ2) is 8.35. The van der Waals surface area contributed by atoms with E-state index in [1.807, 2.05) is 4.90 Å². The number of piperidine rings is 1. The lowest BCUT2D eigenvalue weighted by Gasteiger charge is -2.31. The highest BCUT2D eigenvalue weighted by atomic mass is 35.5. The molecule has 32 heavy (non-hydrogen) atoms. The van der Waals surface area contributed by atoms with Crippen LogP contribution in [-0.2, 0) is 33.4 Å². The molecule has 1 fully saturated rings. The highest BCUT2D eigenvalue weighted by molar-refractivity contribution is 6.30. The van der Waals surface area contributed by atoms with Gasteiger partial charge < -0.3 is 10.2 Å². The van der Waals surface area contributed by atoms with Crippen molar-refractivity contribution in [1.82, 2.24) is 15.5 Å². The lowest BCUT2D eigenvalue weighted by atomic mass is 10.0. The normalized spacial score (nSPS) is 18.4.